The highest BCUT2D eigenvalue weighted by Crippen LogP contribution is 2.27. The molecule has 108 valence electrons. The molecular formula is C15H15N3O3. The first-order valence-electron chi connectivity index (χ1n) is 6.43. The van der Waals surface area contributed by atoms with E-state index in [1.165, 1.54) is 6.26 Å². The first kappa shape index (κ1) is 13.3. The standard InChI is InChI=1S/C15H15N3O3/c1-20-13-4-2-3-12-11(13)5-7-18(12)9-10-6-8-21-14(10)15(19)17-16/h2-8H,9,16H2,1H3,(H,17,19). The third kappa shape index (κ3) is 2.25. The Labute approximate surface area is 121 Å². The van der Waals surface area contributed by atoms with Crippen LogP contribution < -0.4 is 16.0 Å². The second kappa shape index (κ2) is 5.34. The number of carbonyl (C=O) groups is 1. The lowest BCUT2D eigenvalue weighted by molar-refractivity contribution is 0.0924. The fourth-order valence-corrected chi connectivity index (χ4v) is 2.42. The summed E-state index contributed by atoms with van der Waals surface area (Å²) < 4.78 is 12.6. The Kier molecular flexibility index (Phi) is 3.37. The van der Waals surface area contributed by atoms with Gasteiger partial charge in [-0.3, -0.25) is 10.2 Å². The molecule has 21 heavy (non-hydrogen) atoms. The number of ether oxygens (including phenoxy) is 1. The molecular weight excluding hydrogens is 270 g/mol. The van der Waals surface area contributed by atoms with Crippen LogP contribution in [0.5, 0.6) is 5.75 Å². The highest BCUT2D eigenvalue weighted by Gasteiger charge is 2.15. The van der Waals surface area contributed by atoms with Gasteiger partial charge < -0.3 is 13.7 Å². The summed E-state index contributed by atoms with van der Waals surface area (Å²) >= 11 is 0. The second-order valence-corrected chi connectivity index (χ2v) is 4.59. The van der Waals surface area contributed by atoms with Gasteiger partial charge in [-0.05, 0) is 24.3 Å². The number of carbonyl (C=O) groups excluding carboxylic acids is 1. The molecule has 6 nitrogen and oxygen atoms in total. The predicted molar refractivity (Wildman–Crippen MR) is 78.0 cm³/mol. The summed E-state index contributed by atoms with van der Waals surface area (Å²) in [5.74, 6) is 5.75. The molecule has 3 rings (SSSR count). The molecule has 2 heterocycles. The van der Waals surface area contributed by atoms with Gasteiger partial charge in [0.15, 0.2) is 5.76 Å². The minimum atomic E-state index is -0.441. The molecule has 0 radical (unpaired) electrons. The van der Waals surface area contributed by atoms with E-state index in [9.17, 15) is 4.79 Å². The number of aromatic nitrogens is 1. The van der Waals surface area contributed by atoms with Crippen LogP contribution >= 0.6 is 0 Å². The molecule has 0 atom stereocenters. The molecule has 0 unspecified atom stereocenters. The number of hydrogen-bond donors (Lipinski definition) is 2. The van der Waals surface area contributed by atoms with E-state index in [4.69, 9.17) is 15.0 Å². The minimum Gasteiger partial charge on any atom is -0.496 e. The zero-order chi connectivity index (χ0) is 14.8. The molecule has 1 aromatic carbocycles. The van der Waals surface area contributed by atoms with Crippen LogP contribution in [0.4, 0.5) is 0 Å². The van der Waals surface area contributed by atoms with Crippen LogP contribution in [0.1, 0.15) is 16.1 Å². The van der Waals surface area contributed by atoms with Crippen molar-refractivity contribution in [3.05, 3.63) is 54.1 Å². The van der Waals surface area contributed by atoms with E-state index in [2.05, 4.69) is 5.43 Å². The highest BCUT2D eigenvalue weighted by atomic mass is 16.5. The number of nitrogens with two attached hydrogens (primary N) is 1. The number of fused-ring (bicyclic) bond motifs is 1. The third-order valence-corrected chi connectivity index (χ3v) is 3.42. The summed E-state index contributed by atoms with van der Waals surface area (Å²) in [5, 5.41) is 1.02. The van der Waals surface area contributed by atoms with E-state index >= 15 is 0 Å². The largest absolute Gasteiger partial charge is 0.496 e. The zero-order valence-electron chi connectivity index (χ0n) is 11.5. The maximum absolute atomic E-state index is 11.6. The number of nitrogen functional groups attached to an aromatic ring is 1. The number of nitrogens with one attached hydrogen (secondary N) is 1. The molecule has 3 aromatic rings. The molecule has 2 aromatic heterocycles. The number of amides is 1. The first-order chi connectivity index (χ1) is 10.2. The van der Waals surface area contributed by atoms with Crippen LogP contribution in [0.15, 0.2) is 47.2 Å². The van der Waals surface area contributed by atoms with Gasteiger partial charge in [0, 0.05) is 17.1 Å². The summed E-state index contributed by atoms with van der Waals surface area (Å²) in [7, 11) is 1.64. The van der Waals surface area contributed by atoms with Crippen molar-refractivity contribution < 1.29 is 13.9 Å². The highest BCUT2D eigenvalue weighted by molar-refractivity contribution is 5.92. The Balaban J connectivity index is 2.00. The van der Waals surface area contributed by atoms with Crippen molar-refractivity contribution in [1.29, 1.82) is 0 Å². The van der Waals surface area contributed by atoms with Gasteiger partial charge in [0.25, 0.3) is 0 Å². The molecule has 0 spiro atoms. The smallest absolute Gasteiger partial charge is 0.301 e. The van der Waals surface area contributed by atoms with Crippen molar-refractivity contribution in [1.82, 2.24) is 9.99 Å². The third-order valence-electron chi connectivity index (χ3n) is 3.42. The van der Waals surface area contributed by atoms with Crippen LogP contribution in [0, 0.1) is 0 Å². The molecule has 0 aliphatic heterocycles. The molecule has 0 saturated carbocycles. The van der Waals surface area contributed by atoms with E-state index in [-0.39, 0.29) is 5.76 Å². The van der Waals surface area contributed by atoms with Crippen molar-refractivity contribution >= 4 is 16.8 Å². The lowest BCUT2D eigenvalue weighted by Gasteiger charge is -2.07. The SMILES string of the molecule is COc1cccc2c1ccn2Cc1ccoc1C(=O)NN. The van der Waals surface area contributed by atoms with Gasteiger partial charge in [-0.25, -0.2) is 5.84 Å². The van der Waals surface area contributed by atoms with Gasteiger partial charge in [-0.1, -0.05) is 6.07 Å². The lowest BCUT2D eigenvalue weighted by atomic mass is 10.2. The molecule has 0 saturated heterocycles. The fourth-order valence-electron chi connectivity index (χ4n) is 2.42. The Morgan fingerprint density at radius 1 is 1.38 bits per heavy atom. The van der Waals surface area contributed by atoms with E-state index in [1.54, 1.807) is 13.2 Å². The first-order valence-corrected chi connectivity index (χ1v) is 6.43. The average Bonchev–Trinajstić information content (AvgIpc) is 3.14. The quantitative estimate of drug-likeness (QED) is 0.436. The minimum absolute atomic E-state index is 0.224. The average molecular weight is 285 g/mol. The zero-order valence-corrected chi connectivity index (χ0v) is 11.5. The fraction of sp³-hybridized carbons (Fsp3) is 0.133. The van der Waals surface area contributed by atoms with Gasteiger partial charge in [0.1, 0.15) is 5.75 Å². The summed E-state index contributed by atoms with van der Waals surface area (Å²) in [6.07, 6.45) is 3.43. The van der Waals surface area contributed by atoms with E-state index in [0.29, 0.717) is 6.54 Å². The number of nitrogens with zero attached hydrogens (tertiary/aromatic N) is 1. The normalized spacial score (nSPS) is 10.8. The number of benzene rings is 1. The summed E-state index contributed by atoms with van der Waals surface area (Å²) in [5.41, 5.74) is 3.87. The molecule has 0 bridgehead atoms. The Morgan fingerprint density at radius 3 is 3.00 bits per heavy atom. The monoisotopic (exact) mass is 285 g/mol. The van der Waals surface area contributed by atoms with E-state index in [0.717, 1.165) is 22.2 Å². The maximum atomic E-state index is 11.6. The number of hydrazine groups is 1. The molecule has 0 fully saturated rings. The van der Waals surface area contributed by atoms with Crippen LogP contribution in [-0.4, -0.2) is 17.6 Å². The van der Waals surface area contributed by atoms with Crippen LogP contribution in [0.2, 0.25) is 0 Å². The van der Waals surface area contributed by atoms with Crippen LogP contribution in [-0.2, 0) is 6.54 Å². The number of rotatable bonds is 4. The van der Waals surface area contributed by atoms with Crippen molar-refractivity contribution in [2.75, 3.05) is 7.11 Å². The van der Waals surface area contributed by atoms with Crippen molar-refractivity contribution in [2.24, 2.45) is 5.84 Å². The van der Waals surface area contributed by atoms with Crippen molar-refractivity contribution in [2.45, 2.75) is 6.54 Å². The van der Waals surface area contributed by atoms with Gasteiger partial charge >= 0.3 is 5.91 Å². The molecule has 6 heteroatoms. The number of hydrogen-bond acceptors (Lipinski definition) is 4. The molecule has 0 aliphatic rings. The molecule has 0 aliphatic carbocycles. The predicted octanol–water partition coefficient (Wildman–Crippen LogP) is 1.89. The topological polar surface area (TPSA) is 82.4 Å². The summed E-state index contributed by atoms with van der Waals surface area (Å²) in [6.45, 7) is 0.510. The van der Waals surface area contributed by atoms with Gasteiger partial charge in [0.05, 0.1) is 25.4 Å². The van der Waals surface area contributed by atoms with Crippen molar-refractivity contribution in [3.8, 4) is 5.75 Å². The van der Waals surface area contributed by atoms with Crippen LogP contribution in [0.25, 0.3) is 10.9 Å². The van der Waals surface area contributed by atoms with Gasteiger partial charge in [0.2, 0.25) is 0 Å². The second-order valence-electron chi connectivity index (χ2n) is 4.59. The summed E-state index contributed by atoms with van der Waals surface area (Å²) in [6, 6.07) is 9.59. The van der Waals surface area contributed by atoms with Gasteiger partial charge in [-0.2, -0.15) is 0 Å². The summed E-state index contributed by atoms with van der Waals surface area (Å²) in [4.78, 5) is 11.6. The molecule has 3 N–H and O–H groups in total. The van der Waals surface area contributed by atoms with Gasteiger partial charge in [-0.15, -0.1) is 0 Å². The number of furan rings is 1. The Bertz CT molecular complexity index is 788. The Hall–Kier alpha value is -2.73. The lowest BCUT2D eigenvalue weighted by Crippen LogP contribution is -2.30. The van der Waals surface area contributed by atoms with Crippen LogP contribution in [0.3, 0.4) is 0 Å². The molecule has 1 amide bonds. The maximum Gasteiger partial charge on any atom is 0.301 e. The Morgan fingerprint density at radius 2 is 2.24 bits per heavy atom. The van der Waals surface area contributed by atoms with E-state index in [1.807, 2.05) is 35.0 Å². The van der Waals surface area contributed by atoms with Crippen molar-refractivity contribution in [3.63, 3.8) is 0 Å². The number of methoxy groups -OCH3 is 1. The van der Waals surface area contributed by atoms with E-state index < -0.39 is 5.91 Å².